The molecule has 0 amide bonds. The number of thioether (sulfide) groups is 1. The third-order valence-corrected chi connectivity index (χ3v) is 3.82. The molecule has 0 unspecified atom stereocenters. The van der Waals surface area contributed by atoms with Gasteiger partial charge in [-0.1, -0.05) is 19.9 Å². The number of nitrogens with zero attached hydrogens (tertiary/aromatic N) is 2. The molecule has 1 saturated heterocycles. The van der Waals surface area contributed by atoms with E-state index in [1.165, 1.54) is 22.9 Å². The van der Waals surface area contributed by atoms with Crippen LogP contribution in [0.3, 0.4) is 0 Å². The van der Waals surface area contributed by atoms with Gasteiger partial charge in [0, 0.05) is 48.9 Å². The minimum absolute atomic E-state index is 0.514. The molecule has 2 rings (SSSR count). The standard InChI is InChI=1S/C13H21N3S/c1-11(2)15-10-12-4-3-5-14-13(12)16-6-8-17-9-7-16/h3-5,11,15H,6-10H2,1-2H3. The van der Waals surface area contributed by atoms with Crippen molar-refractivity contribution in [2.24, 2.45) is 0 Å². The zero-order chi connectivity index (χ0) is 12.1. The summed E-state index contributed by atoms with van der Waals surface area (Å²) in [6.45, 7) is 7.50. The Kier molecular flexibility index (Phi) is 4.68. The first-order valence-corrected chi connectivity index (χ1v) is 7.43. The summed E-state index contributed by atoms with van der Waals surface area (Å²) in [5, 5.41) is 3.47. The Morgan fingerprint density at radius 3 is 2.88 bits per heavy atom. The topological polar surface area (TPSA) is 28.2 Å². The zero-order valence-corrected chi connectivity index (χ0v) is 11.5. The average Bonchev–Trinajstić information content (AvgIpc) is 2.38. The first-order valence-electron chi connectivity index (χ1n) is 6.27. The van der Waals surface area contributed by atoms with Gasteiger partial charge in [0.05, 0.1) is 0 Å². The van der Waals surface area contributed by atoms with Crippen LogP contribution < -0.4 is 10.2 Å². The van der Waals surface area contributed by atoms with Crippen molar-refractivity contribution in [3.05, 3.63) is 23.9 Å². The Morgan fingerprint density at radius 1 is 1.41 bits per heavy atom. The number of aromatic nitrogens is 1. The predicted octanol–water partition coefficient (Wildman–Crippen LogP) is 2.13. The van der Waals surface area contributed by atoms with Crippen molar-refractivity contribution < 1.29 is 0 Å². The van der Waals surface area contributed by atoms with Crippen molar-refractivity contribution in [1.29, 1.82) is 0 Å². The van der Waals surface area contributed by atoms with E-state index in [9.17, 15) is 0 Å². The van der Waals surface area contributed by atoms with Crippen LogP contribution in [-0.4, -0.2) is 35.6 Å². The van der Waals surface area contributed by atoms with Crippen molar-refractivity contribution in [3.63, 3.8) is 0 Å². The van der Waals surface area contributed by atoms with Crippen molar-refractivity contribution in [1.82, 2.24) is 10.3 Å². The lowest BCUT2D eigenvalue weighted by atomic mass is 10.2. The molecule has 1 N–H and O–H groups in total. The monoisotopic (exact) mass is 251 g/mol. The van der Waals surface area contributed by atoms with E-state index in [1.807, 2.05) is 24.0 Å². The number of pyridine rings is 1. The molecule has 2 heterocycles. The van der Waals surface area contributed by atoms with Gasteiger partial charge in [0.1, 0.15) is 5.82 Å². The summed E-state index contributed by atoms with van der Waals surface area (Å²) in [7, 11) is 0. The molecule has 3 nitrogen and oxygen atoms in total. The van der Waals surface area contributed by atoms with E-state index in [-0.39, 0.29) is 0 Å². The SMILES string of the molecule is CC(C)NCc1cccnc1N1CCSCC1. The summed E-state index contributed by atoms with van der Waals surface area (Å²) in [4.78, 5) is 6.97. The van der Waals surface area contributed by atoms with Crippen LogP contribution in [0, 0.1) is 0 Å². The largest absolute Gasteiger partial charge is 0.355 e. The molecule has 0 radical (unpaired) electrons. The van der Waals surface area contributed by atoms with Crippen LogP contribution in [0.15, 0.2) is 18.3 Å². The highest BCUT2D eigenvalue weighted by Crippen LogP contribution is 2.21. The maximum Gasteiger partial charge on any atom is 0.133 e. The Labute approximate surface area is 108 Å². The summed E-state index contributed by atoms with van der Waals surface area (Å²) in [5.74, 6) is 3.60. The van der Waals surface area contributed by atoms with Gasteiger partial charge in [0.2, 0.25) is 0 Å². The smallest absolute Gasteiger partial charge is 0.133 e. The molecular formula is C13H21N3S. The minimum atomic E-state index is 0.514. The van der Waals surface area contributed by atoms with Crippen molar-refractivity contribution in [2.75, 3.05) is 29.5 Å². The predicted molar refractivity (Wildman–Crippen MR) is 75.8 cm³/mol. The molecule has 1 aliphatic rings. The normalized spacial score (nSPS) is 16.5. The number of rotatable bonds is 4. The van der Waals surface area contributed by atoms with Gasteiger partial charge >= 0.3 is 0 Å². The molecule has 1 aliphatic heterocycles. The van der Waals surface area contributed by atoms with Gasteiger partial charge in [-0.15, -0.1) is 0 Å². The van der Waals surface area contributed by atoms with Crippen LogP contribution in [-0.2, 0) is 6.54 Å². The lowest BCUT2D eigenvalue weighted by molar-refractivity contribution is 0.587. The molecule has 0 saturated carbocycles. The first kappa shape index (κ1) is 12.7. The second-order valence-electron chi connectivity index (χ2n) is 4.62. The van der Waals surface area contributed by atoms with Crippen molar-refractivity contribution >= 4 is 17.6 Å². The molecule has 0 aliphatic carbocycles. The average molecular weight is 251 g/mol. The van der Waals surface area contributed by atoms with Crippen LogP contribution in [0.1, 0.15) is 19.4 Å². The molecule has 1 aromatic heterocycles. The lowest BCUT2D eigenvalue weighted by Crippen LogP contribution is -2.34. The molecule has 1 fully saturated rings. The molecule has 94 valence electrons. The maximum atomic E-state index is 4.56. The van der Waals surface area contributed by atoms with E-state index in [4.69, 9.17) is 0 Å². The fourth-order valence-electron chi connectivity index (χ4n) is 1.94. The first-order chi connectivity index (χ1) is 8.27. The summed E-state index contributed by atoms with van der Waals surface area (Å²) in [5.41, 5.74) is 1.31. The number of nitrogens with one attached hydrogen (secondary N) is 1. The van der Waals surface area contributed by atoms with E-state index in [2.05, 4.69) is 35.1 Å². The van der Waals surface area contributed by atoms with Gasteiger partial charge < -0.3 is 10.2 Å². The molecule has 0 aromatic carbocycles. The van der Waals surface area contributed by atoms with Crippen molar-refractivity contribution in [3.8, 4) is 0 Å². The van der Waals surface area contributed by atoms with Crippen LogP contribution in [0.2, 0.25) is 0 Å². The Balaban J connectivity index is 2.09. The van der Waals surface area contributed by atoms with Gasteiger partial charge in [-0.2, -0.15) is 11.8 Å². The summed E-state index contributed by atoms with van der Waals surface area (Å²) in [6.07, 6.45) is 1.90. The lowest BCUT2D eigenvalue weighted by Gasteiger charge is -2.29. The van der Waals surface area contributed by atoms with Gasteiger partial charge in [-0.3, -0.25) is 0 Å². The van der Waals surface area contributed by atoms with Crippen LogP contribution >= 0.6 is 11.8 Å². The maximum absolute atomic E-state index is 4.56. The van der Waals surface area contributed by atoms with Gasteiger partial charge in [-0.05, 0) is 6.07 Å². The van der Waals surface area contributed by atoms with Crippen LogP contribution in [0.25, 0.3) is 0 Å². The third kappa shape index (κ3) is 3.61. The highest BCUT2D eigenvalue weighted by atomic mass is 32.2. The second-order valence-corrected chi connectivity index (χ2v) is 5.85. The third-order valence-electron chi connectivity index (χ3n) is 2.88. The van der Waals surface area contributed by atoms with E-state index in [0.717, 1.165) is 19.6 Å². The molecule has 1 aromatic rings. The van der Waals surface area contributed by atoms with Gasteiger partial charge in [-0.25, -0.2) is 4.98 Å². The molecule has 4 heteroatoms. The highest BCUT2D eigenvalue weighted by molar-refractivity contribution is 7.99. The summed E-state index contributed by atoms with van der Waals surface area (Å²) >= 11 is 2.03. The summed E-state index contributed by atoms with van der Waals surface area (Å²) in [6, 6.07) is 4.72. The number of hydrogen-bond acceptors (Lipinski definition) is 4. The molecular weight excluding hydrogens is 230 g/mol. The minimum Gasteiger partial charge on any atom is -0.355 e. The van der Waals surface area contributed by atoms with Gasteiger partial charge in [0.15, 0.2) is 0 Å². The van der Waals surface area contributed by atoms with E-state index in [1.54, 1.807) is 0 Å². The molecule has 0 spiro atoms. The molecule has 0 bridgehead atoms. The quantitative estimate of drug-likeness (QED) is 0.887. The van der Waals surface area contributed by atoms with Gasteiger partial charge in [0.25, 0.3) is 0 Å². The fourth-order valence-corrected chi connectivity index (χ4v) is 2.85. The number of hydrogen-bond donors (Lipinski definition) is 1. The Bertz CT molecular complexity index is 348. The molecule has 17 heavy (non-hydrogen) atoms. The Hall–Kier alpha value is -0.740. The van der Waals surface area contributed by atoms with E-state index >= 15 is 0 Å². The van der Waals surface area contributed by atoms with Crippen LogP contribution in [0.4, 0.5) is 5.82 Å². The zero-order valence-electron chi connectivity index (χ0n) is 10.6. The summed E-state index contributed by atoms with van der Waals surface area (Å²) < 4.78 is 0. The van der Waals surface area contributed by atoms with E-state index < -0.39 is 0 Å². The number of anilines is 1. The molecule has 0 atom stereocenters. The highest BCUT2D eigenvalue weighted by Gasteiger charge is 2.15. The van der Waals surface area contributed by atoms with Crippen molar-refractivity contribution in [2.45, 2.75) is 26.4 Å². The Morgan fingerprint density at radius 2 is 2.18 bits per heavy atom. The van der Waals surface area contributed by atoms with Crippen LogP contribution in [0.5, 0.6) is 0 Å². The van der Waals surface area contributed by atoms with E-state index in [0.29, 0.717) is 6.04 Å². The second kappa shape index (κ2) is 6.26. The fraction of sp³-hybridized carbons (Fsp3) is 0.615.